The van der Waals surface area contributed by atoms with E-state index in [4.69, 9.17) is 4.74 Å². The smallest absolute Gasteiger partial charge is 0.224 e. The van der Waals surface area contributed by atoms with E-state index in [1.165, 1.54) is 5.56 Å². The lowest BCUT2D eigenvalue weighted by atomic mass is 10.0. The zero-order valence-corrected chi connectivity index (χ0v) is 15.1. The van der Waals surface area contributed by atoms with Gasteiger partial charge < -0.3 is 10.1 Å². The summed E-state index contributed by atoms with van der Waals surface area (Å²) >= 11 is 3.41. The second kappa shape index (κ2) is 8.73. The highest BCUT2D eigenvalue weighted by Crippen LogP contribution is 2.25. The highest BCUT2D eigenvalue weighted by molar-refractivity contribution is 9.10. The first-order chi connectivity index (χ1) is 11.1. The summed E-state index contributed by atoms with van der Waals surface area (Å²) in [5.41, 5.74) is 2.18. The van der Waals surface area contributed by atoms with Gasteiger partial charge in [-0.2, -0.15) is 0 Å². The Labute approximate surface area is 146 Å². The van der Waals surface area contributed by atoms with Crippen molar-refractivity contribution in [2.75, 3.05) is 13.2 Å². The molecule has 23 heavy (non-hydrogen) atoms. The third-order valence-corrected chi connectivity index (χ3v) is 3.97. The van der Waals surface area contributed by atoms with Crippen molar-refractivity contribution in [3.8, 4) is 5.75 Å². The van der Waals surface area contributed by atoms with Crippen LogP contribution < -0.4 is 10.1 Å². The van der Waals surface area contributed by atoms with Gasteiger partial charge in [0.15, 0.2) is 0 Å². The molecule has 1 amide bonds. The Morgan fingerprint density at radius 2 is 1.96 bits per heavy atom. The highest BCUT2D eigenvalue weighted by Gasteiger charge is 2.07. The van der Waals surface area contributed by atoms with Gasteiger partial charge in [0.05, 0.1) is 13.0 Å². The average Bonchev–Trinajstić information content (AvgIpc) is 2.52. The SMILES string of the molecule is CC(C)c1ccccc1OCCNC(=O)Cc1cccc(Br)c1. The molecule has 0 aliphatic rings. The summed E-state index contributed by atoms with van der Waals surface area (Å²) in [6.45, 7) is 5.25. The number of halogens is 1. The Balaban J connectivity index is 1.76. The highest BCUT2D eigenvalue weighted by atomic mass is 79.9. The van der Waals surface area contributed by atoms with Crippen LogP contribution in [0.5, 0.6) is 5.75 Å². The number of benzene rings is 2. The molecular weight excluding hydrogens is 354 g/mol. The number of carbonyl (C=O) groups excluding carboxylic acids is 1. The first-order valence-electron chi connectivity index (χ1n) is 7.79. The number of para-hydroxylation sites is 1. The number of nitrogens with one attached hydrogen (secondary N) is 1. The molecule has 0 radical (unpaired) electrons. The van der Waals surface area contributed by atoms with Crippen molar-refractivity contribution in [2.45, 2.75) is 26.2 Å². The molecule has 4 heteroatoms. The molecule has 1 N–H and O–H groups in total. The fourth-order valence-electron chi connectivity index (χ4n) is 2.34. The zero-order valence-electron chi connectivity index (χ0n) is 13.5. The van der Waals surface area contributed by atoms with Crippen LogP contribution in [0.15, 0.2) is 53.0 Å². The quantitative estimate of drug-likeness (QED) is 0.732. The van der Waals surface area contributed by atoms with Gasteiger partial charge in [0.1, 0.15) is 12.4 Å². The molecule has 0 unspecified atom stereocenters. The fraction of sp³-hybridized carbons (Fsp3) is 0.316. The molecule has 0 aliphatic heterocycles. The number of hydrogen-bond acceptors (Lipinski definition) is 2. The summed E-state index contributed by atoms with van der Waals surface area (Å²) in [5.74, 6) is 1.31. The molecule has 2 aromatic carbocycles. The first kappa shape index (κ1) is 17.5. The van der Waals surface area contributed by atoms with Crippen LogP contribution in [0.2, 0.25) is 0 Å². The monoisotopic (exact) mass is 375 g/mol. The van der Waals surface area contributed by atoms with Gasteiger partial charge in [0.2, 0.25) is 5.91 Å². The molecule has 0 aliphatic carbocycles. The van der Waals surface area contributed by atoms with Crippen molar-refractivity contribution < 1.29 is 9.53 Å². The minimum Gasteiger partial charge on any atom is -0.491 e. The van der Waals surface area contributed by atoms with Gasteiger partial charge >= 0.3 is 0 Å². The Bertz CT molecular complexity index is 655. The number of ether oxygens (including phenoxy) is 1. The lowest BCUT2D eigenvalue weighted by Crippen LogP contribution is -2.29. The molecule has 122 valence electrons. The molecular formula is C19H22BrNO2. The summed E-state index contributed by atoms with van der Waals surface area (Å²) in [6.07, 6.45) is 0.377. The summed E-state index contributed by atoms with van der Waals surface area (Å²) in [5, 5.41) is 2.89. The van der Waals surface area contributed by atoms with Crippen molar-refractivity contribution in [1.82, 2.24) is 5.32 Å². The van der Waals surface area contributed by atoms with Crippen LogP contribution in [0.4, 0.5) is 0 Å². The Hall–Kier alpha value is -1.81. The Morgan fingerprint density at radius 3 is 2.70 bits per heavy atom. The van der Waals surface area contributed by atoms with Crippen LogP contribution in [-0.4, -0.2) is 19.1 Å². The minimum atomic E-state index is 0.00356. The number of rotatable bonds is 7. The molecule has 0 spiro atoms. The maximum atomic E-state index is 11.9. The van der Waals surface area contributed by atoms with Crippen LogP contribution in [0.25, 0.3) is 0 Å². The predicted molar refractivity (Wildman–Crippen MR) is 96.9 cm³/mol. The van der Waals surface area contributed by atoms with E-state index in [9.17, 15) is 4.79 Å². The standard InChI is InChI=1S/C19H22BrNO2/c1-14(2)17-8-3-4-9-18(17)23-11-10-21-19(22)13-15-6-5-7-16(20)12-15/h3-9,12,14H,10-11,13H2,1-2H3,(H,21,22). The summed E-state index contributed by atoms with van der Waals surface area (Å²) < 4.78 is 6.78. The normalized spacial score (nSPS) is 10.6. The third-order valence-electron chi connectivity index (χ3n) is 3.48. The van der Waals surface area contributed by atoms with Gasteiger partial charge in [-0.3, -0.25) is 4.79 Å². The van der Waals surface area contributed by atoms with Gasteiger partial charge in [-0.1, -0.05) is 60.1 Å². The van der Waals surface area contributed by atoms with Gasteiger partial charge in [-0.15, -0.1) is 0 Å². The maximum absolute atomic E-state index is 11.9. The van der Waals surface area contributed by atoms with Crippen LogP contribution in [0, 0.1) is 0 Å². The maximum Gasteiger partial charge on any atom is 0.224 e. The Kier molecular flexibility index (Phi) is 6.66. The third kappa shape index (κ3) is 5.71. The molecule has 0 atom stereocenters. The van der Waals surface area contributed by atoms with Crippen LogP contribution in [0.3, 0.4) is 0 Å². The van der Waals surface area contributed by atoms with E-state index in [-0.39, 0.29) is 5.91 Å². The second-order valence-electron chi connectivity index (χ2n) is 5.70. The van der Waals surface area contributed by atoms with E-state index < -0.39 is 0 Å². The fourth-order valence-corrected chi connectivity index (χ4v) is 2.78. The van der Waals surface area contributed by atoms with Gasteiger partial charge in [0, 0.05) is 4.47 Å². The summed E-state index contributed by atoms with van der Waals surface area (Å²) in [7, 11) is 0. The topological polar surface area (TPSA) is 38.3 Å². The summed E-state index contributed by atoms with van der Waals surface area (Å²) in [4.78, 5) is 11.9. The van der Waals surface area contributed by atoms with Crippen molar-refractivity contribution in [2.24, 2.45) is 0 Å². The summed E-state index contributed by atoms with van der Waals surface area (Å²) in [6, 6.07) is 15.8. The molecule has 0 saturated carbocycles. The van der Waals surface area contributed by atoms with E-state index in [1.807, 2.05) is 42.5 Å². The zero-order chi connectivity index (χ0) is 16.7. The van der Waals surface area contributed by atoms with E-state index in [0.717, 1.165) is 15.8 Å². The molecule has 2 rings (SSSR count). The molecule has 0 aromatic heterocycles. The van der Waals surface area contributed by atoms with Crippen molar-refractivity contribution in [1.29, 1.82) is 0 Å². The van der Waals surface area contributed by atoms with E-state index in [1.54, 1.807) is 0 Å². The van der Waals surface area contributed by atoms with Gasteiger partial charge in [-0.25, -0.2) is 0 Å². The lowest BCUT2D eigenvalue weighted by Gasteiger charge is -2.14. The minimum absolute atomic E-state index is 0.00356. The van der Waals surface area contributed by atoms with Gasteiger partial charge in [-0.05, 0) is 35.2 Å². The second-order valence-corrected chi connectivity index (χ2v) is 6.61. The van der Waals surface area contributed by atoms with E-state index in [2.05, 4.69) is 41.2 Å². The first-order valence-corrected chi connectivity index (χ1v) is 8.58. The van der Waals surface area contributed by atoms with Gasteiger partial charge in [0.25, 0.3) is 0 Å². The van der Waals surface area contributed by atoms with E-state index >= 15 is 0 Å². The van der Waals surface area contributed by atoms with Crippen molar-refractivity contribution in [3.05, 3.63) is 64.1 Å². The molecule has 0 heterocycles. The molecule has 0 bridgehead atoms. The molecule has 0 fully saturated rings. The van der Waals surface area contributed by atoms with E-state index in [0.29, 0.717) is 25.5 Å². The Morgan fingerprint density at radius 1 is 1.17 bits per heavy atom. The van der Waals surface area contributed by atoms with Crippen molar-refractivity contribution in [3.63, 3.8) is 0 Å². The molecule has 2 aromatic rings. The van der Waals surface area contributed by atoms with Crippen LogP contribution in [0.1, 0.15) is 30.9 Å². The molecule has 3 nitrogen and oxygen atoms in total. The van der Waals surface area contributed by atoms with Crippen molar-refractivity contribution >= 4 is 21.8 Å². The number of amides is 1. The van der Waals surface area contributed by atoms with Crippen LogP contribution in [-0.2, 0) is 11.2 Å². The lowest BCUT2D eigenvalue weighted by molar-refractivity contribution is -0.120. The largest absolute Gasteiger partial charge is 0.491 e. The predicted octanol–water partition coefficient (Wildman–Crippen LogP) is 4.31. The van der Waals surface area contributed by atoms with Crippen LogP contribution >= 0.6 is 15.9 Å². The average molecular weight is 376 g/mol. The number of hydrogen-bond donors (Lipinski definition) is 1. The molecule has 0 saturated heterocycles. The number of carbonyl (C=O) groups is 1.